The summed E-state index contributed by atoms with van der Waals surface area (Å²) in [5.74, 6) is 0.672. The van der Waals surface area contributed by atoms with Crippen molar-refractivity contribution in [2.75, 3.05) is 13.2 Å². The quantitative estimate of drug-likeness (QED) is 0.140. The first-order chi connectivity index (χ1) is 20.7. The highest BCUT2D eigenvalue weighted by Crippen LogP contribution is 2.34. The van der Waals surface area contributed by atoms with Crippen LogP contribution in [0.1, 0.15) is 23.8 Å². The van der Waals surface area contributed by atoms with Gasteiger partial charge in [0.1, 0.15) is 35.9 Å². The number of para-hydroxylation sites is 1. The molecule has 0 bridgehead atoms. The van der Waals surface area contributed by atoms with Crippen molar-refractivity contribution in [1.82, 2.24) is 14.9 Å². The number of rotatable bonds is 12. The maximum atomic E-state index is 13.2. The second kappa shape index (κ2) is 13.0. The van der Waals surface area contributed by atoms with E-state index in [1.165, 1.54) is 12.1 Å². The molecule has 43 heavy (non-hydrogen) atoms. The first kappa shape index (κ1) is 29.6. The summed E-state index contributed by atoms with van der Waals surface area (Å²) in [4.78, 5) is 15.7. The largest absolute Gasteiger partial charge is 0.492 e. The standard InChI is InChI=1S/C32H28F3N3O5/c33-32(34,35)23-7-5-11-26(20-23)43-25-10-4-6-21(18-25)30-37-27-19-22(31(41)36-15-14-29(39)40)12-13-28(27)38(30)16-17-42-24-8-2-1-3-9-24/h1-13,18-20,31,36,41H,14-17H2,(H,39,40). The van der Waals surface area contributed by atoms with Crippen molar-refractivity contribution in [3.63, 3.8) is 0 Å². The number of hydrogen-bond acceptors (Lipinski definition) is 6. The minimum absolute atomic E-state index is 0.0470. The number of imidazole rings is 1. The van der Waals surface area contributed by atoms with E-state index < -0.39 is 23.9 Å². The maximum absolute atomic E-state index is 13.2. The molecule has 1 unspecified atom stereocenters. The van der Waals surface area contributed by atoms with Crippen molar-refractivity contribution >= 4 is 17.0 Å². The summed E-state index contributed by atoms with van der Waals surface area (Å²) in [6.45, 7) is 0.825. The summed E-state index contributed by atoms with van der Waals surface area (Å²) < 4.78 is 53.3. The van der Waals surface area contributed by atoms with Crippen LogP contribution in [0.4, 0.5) is 13.2 Å². The molecule has 0 saturated heterocycles. The topological polar surface area (TPSA) is 106 Å². The molecule has 0 amide bonds. The number of aliphatic hydroxyl groups is 1. The summed E-state index contributed by atoms with van der Waals surface area (Å²) in [7, 11) is 0. The molecular weight excluding hydrogens is 563 g/mol. The molecule has 4 aromatic carbocycles. The van der Waals surface area contributed by atoms with Gasteiger partial charge in [0.15, 0.2) is 0 Å². The van der Waals surface area contributed by atoms with Crippen molar-refractivity contribution in [3.05, 3.63) is 108 Å². The lowest BCUT2D eigenvalue weighted by molar-refractivity contribution is -0.138. The number of nitrogens with one attached hydrogen (secondary N) is 1. The number of carboxylic acid groups (broad SMARTS) is 1. The second-order valence-electron chi connectivity index (χ2n) is 9.65. The van der Waals surface area contributed by atoms with Gasteiger partial charge >= 0.3 is 12.1 Å². The molecule has 11 heteroatoms. The first-order valence-corrected chi connectivity index (χ1v) is 13.4. The minimum Gasteiger partial charge on any atom is -0.492 e. The van der Waals surface area contributed by atoms with Crippen LogP contribution in [0.15, 0.2) is 97.1 Å². The summed E-state index contributed by atoms with van der Waals surface area (Å²) in [5, 5.41) is 22.2. The highest BCUT2D eigenvalue weighted by atomic mass is 19.4. The third-order valence-corrected chi connectivity index (χ3v) is 6.58. The summed E-state index contributed by atoms with van der Waals surface area (Å²) in [6, 6.07) is 26.2. The third-order valence-electron chi connectivity index (χ3n) is 6.58. The molecular formula is C32H28F3N3O5. The van der Waals surface area contributed by atoms with E-state index in [1.54, 1.807) is 30.3 Å². The molecule has 1 atom stereocenters. The van der Waals surface area contributed by atoms with E-state index in [0.29, 0.717) is 47.1 Å². The SMILES string of the molecule is O=C(O)CCNC(O)c1ccc2c(c1)nc(-c1cccc(Oc3cccc(C(F)(F)F)c3)c1)n2CCOc1ccccc1. The molecule has 0 fully saturated rings. The average Bonchev–Trinajstić information content (AvgIpc) is 3.35. The van der Waals surface area contributed by atoms with Crippen molar-refractivity contribution in [2.45, 2.75) is 25.4 Å². The van der Waals surface area contributed by atoms with Crippen molar-refractivity contribution in [3.8, 4) is 28.6 Å². The van der Waals surface area contributed by atoms with Gasteiger partial charge in [-0.25, -0.2) is 4.98 Å². The van der Waals surface area contributed by atoms with Gasteiger partial charge in [-0.3, -0.25) is 10.1 Å². The Hall–Kier alpha value is -4.87. The number of aliphatic carboxylic acids is 1. The van der Waals surface area contributed by atoms with Crippen LogP contribution in [-0.4, -0.2) is 38.9 Å². The molecule has 8 nitrogen and oxygen atoms in total. The number of benzene rings is 4. The zero-order valence-corrected chi connectivity index (χ0v) is 22.8. The van der Waals surface area contributed by atoms with Gasteiger partial charge < -0.3 is 24.3 Å². The number of halogens is 3. The van der Waals surface area contributed by atoms with Crippen LogP contribution < -0.4 is 14.8 Å². The van der Waals surface area contributed by atoms with Gasteiger partial charge in [0.05, 0.1) is 29.6 Å². The van der Waals surface area contributed by atoms with Gasteiger partial charge in [-0.05, 0) is 60.2 Å². The number of carboxylic acids is 1. The Kier molecular flexibility index (Phi) is 8.93. The summed E-state index contributed by atoms with van der Waals surface area (Å²) in [5.41, 5.74) is 1.70. The fraction of sp³-hybridized carbons (Fsp3) is 0.188. The number of ether oxygens (including phenoxy) is 2. The Labute approximate surface area is 245 Å². The maximum Gasteiger partial charge on any atom is 0.416 e. The van der Waals surface area contributed by atoms with E-state index in [0.717, 1.165) is 17.6 Å². The molecule has 0 aliphatic carbocycles. The van der Waals surface area contributed by atoms with Crippen molar-refractivity contribution in [2.24, 2.45) is 0 Å². The first-order valence-electron chi connectivity index (χ1n) is 13.4. The highest BCUT2D eigenvalue weighted by Gasteiger charge is 2.30. The van der Waals surface area contributed by atoms with E-state index >= 15 is 0 Å². The highest BCUT2D eigenvalue weighted by molar-refractivity contribution is 5.81. The number of fused-ring (bicyclic) bond motifs is 1. The Morgan fingerprint density at radius 2 is 1.63 bits per heavy atom. The number of hydrogen-bond donors (Lipinski definition) is 3. The van der Waals surface area contributed by atoms with Crippen molar-refractivity contribution < 1.29 is 37.7 Å². The number of aliphatic hydroxyl groups excluding tert-OH is 1. The van der Waals surface area contributed by atoms with Crippen LogP contribution in [0, 0.1) is 0 Å². The van der Waals surface area contributed by atoms with Gasteiger partial charge in [0.2, 0.25) is 0 Å². The molecule has 222 valence electrons. The molecule has 3 N–H and O–H groups in total. The van der Waals surface area contributed by atoms with Crippen LogP contribution in [0.25, 0.3) is 22.4 Å². The van der Waals surface area contributed by atoms with E-state index in [-0.39, 0.29) is 18.7 Å². The number of carbonyl (C=O) groups is 1. The minimum atomic E-state index is -4.49. The average molecular weight is 592 g/mol. The van der Waals surface area contributed by atoms with Crippen LogP contribution >= 0.6 is 0 Å². The van der Waals surface area contributed by atoms with Crippen LogP contribution in [-0.2, 0) is 17.5 Å². The number of aromatic nitrogens is 2. The second-order valence-corrected chi connectivity index (χ2v) is 9.65. The molecule has 0 aliphatic heterocycles. The predicted octanol–water partition coefficient (Wildman–Crippen LogP) is 6.65. The lowest BCUT2D eigenvalue weighted by Gasteiger charge is -2.14. The molecule has 0 saturated carbocycles. The van der Waals surface area contributed by atoms with E-state index in [1.807, 2.05) is 47.0 Å². The molecule has 5 rings (SSSR count). The van der Waals surface area contributed by atoms with Crippen molar-refractivity contribution in [1.29, 1.82) is 0 Å². The zero-order valence-electron chi connectivity index (χ0n) is 22.8. The van der Waals surface area contributed by atoms with E-state index in [2.05, 4.69) is 5.32 Å². The van der Waals surface area contributed by atoms with E-state index in [9.17, 15) is 23.1 Å². The molecule has 1 aromatic heterocycles. The monoisotopic (exact) mass is 591 g/mol. The van der Waals surface area contributed by atoms with Gasteiger partial charge in [0.25, 0.3) is 0 Å². The fourth-order valence-corrected chi connectivity index (χ4v) is 4.54. The van der Waals surface area contributed by atoms with Gasteiger partial charge in [-0.2, -0.15) is 13.2 Å². The number of nitrogens with zero attached hydrogens (tertiary/aromatic N) is 2. The Balaban J connectivity index is 1.45. The normalized spacial score (nSPS) is 12.3. The Morgan fingerprint density at radius 1 is 0.907 bits per heavy atom. The van der Waals surface area contributed by atoms with Crippen LogP contribution in [0.2, 0.25) is 0 Å². The van der Waals surface area contributed by atoms with Crippen LogP contribution in [0.3, 0.4) is 0 Å². The molecule has 0 spiro atoms. The summed E-state index contributed by atoms with van der Waals surface area (Å²) >= 11 is 0. The lowest BCUT2D eigenvalue weighted by Crippen LogP contribution is -2.23. The van der Waals surface area contributed by atoms with Gasteiger partial charge in [-0.1, -0.05) is 42.5 Å². The summed E-state index contributed by atoms with van der Waals surface area (Å²) in [6.07, 6.45) is -5.73. The van der Waals surface area contributed by atoms with Gasteiger partial charge in [0, 0.05) is 12.1 Å². The fourth-order valence-electron chi connectivity index (χ4n) is 4.54. The molecule has 5 aromatic rings. The predicted molar refractivity (Wildman–Crippen MR) is 154 cm³/mol. The van der Waals surface area contributed by atoms with E-state index in [4.69, 9.17) is 19.6 Å². The van der Waals surface area contributed by atoms with Crippen LogP contribution in [0.5, 0.6) is 17.2 Å². The molecule has 0 radical (unpaired) electrons. The Morgan fingerprint density at radius 3 is 2.37 bits per heavy atom. The smallest absolute Gasteiger partial charge is 0.416 e. The number of alkyl halides is 3. The lowest BCUT2D eigenvalue weighted by atomic mass is 10.1. The Bertz CT molecular complexity index is 1710. The van der Waals surface area contributed by atoms with Gasteiger partial charge in [-0.15, -0.1) is 0 Å². The molecule has 1 heterocycles. The molecule has 0 aliphatic rings. The zero-order chi connectivity index (χ0) is 30.4. The third kappa shape index (κ3) is 7.51.